The minimum Gasteiger partial charge on any atom is -0.278 e. The van der Waals surface area contributed by atoms with Crippen molar-refractivity contribution < 1.29 is 8.42 Å². The fourth-order valence-corrected chi connectivity index (χ4v) is 2.08. The molecule has 0 atom stereocenters. The predicted octanol–water partition coefficient (Wildman–Crippen LogP) is 1.26. The van der Waals surface area contributed by atoms with E-state index in [1.165, 1.54) is 0 Å². The molecule has 0 bridgehead atoms. The quantitative estimate of drug-likeness (QED) is 0.778. The van der Waals surface area contributed by atoms with Crippen LogP contribution < -0.4 is 4.72 Å². The van der Waals surface area contributed by atoms with Gasteiger partial charge in [-0.2, -0.15) is 0 Å². The van der Waals surface area contributed by atoms with Crippen molar-refractivity contribution in [3.05, 3.63) is 47.1 Å². The number of allylic oxidation sites excluding steroid dienone is 3. The number of pyridine rings is 1. The van der Waals surface area contributed by atoms with Crippen molar-refractivity contribution in [2.75, 3.05) is 0 Å². The summed E-state index contributed by atoms with van der Waals surface area (Å²) in [5, 5.41) is 0. The summed E-state index contributed by atoms with van der Waals surface area (Å²) in [5.41, 5.74) is 1.12. The zero-order chi connectivity index (χ0) is 10.9. The molecule has 0 saturated carbocycles. The smallest absolute Gasteiger partial charge is 0.257 e. The molecule has 0 radical (unpaired) electrons. The highest BCUT2D eigenvalue weighted by molar-refractivity contribution is 7.93. The Morgan fingerprint density at radius 3 is 2.67 bits per heavy atom. The Morgan fingerprint density at radius 1 is 1.27 bits per heavy atom. The van der Waals surface area contributed by atoms with Crippen molar-refractivity contribution in [1.82, 2.24) is 9.71 Å². The summed E-state index contributed by atoms with van der Waals surface area (Å²) in [6.07, 6.45) is 4.89. The third-order valence-corrected chi connectivity index (χ3v) is 3.57. The highest BCUT2D eigenvalue weighted by Gasteiger charge is 2.18. The van der Waals surface area contributed by atoms with Crippen LogP contribution in [0.15, 0.2) is 41.5 Å². The zero-order valence-corrected chi connectivity index (χ0v) is 8.95. The monoisotopic (exact) mass is 222 g/mol. The number of hydrogen-bond donors (Lipinski definition) is 1. The summed E-state index contributed by atoms with van der Waals surface area (Å²) in [5.74, 6) is 0. The lowest BCUT2D eigenvalue weighted by Crippen LogP contribution is -2.25. The summed E-state index contributed by atoms with van der Waals surface area (Å²) in [7, 11) is -3.36. The standard InChI is InChI=1S/C10H10N2O2S/c1-8-5-6-10(12-15(8,13)14)9-4-2-3-7-11-9/h2-7,12H,1H3. The number of hydrogen-bond acceptors (Lipinski definition) is 3. The molecule has 0 saturated heterocycles. The van der Waals surface area contributed by atoms with E-state index in [2.05, 4.69) is 9.71 Å². The number of sulfonamides is 1. The molecule has 0 fully saturated rings. The third kappa shape index (κ3) is 1.92. The van der Waals surface area contributed by atoms with Gasteiger partial charge in [-0.05, 0) is 31.2 Å². The second kappa shape index (κ2) is 3.51. The lowest BCUT2D eigenvalue weighted by Gasteiger charge is -2.14. The topological polar surface area (TPSA) is 59.1 Å². The van der Waals surface area contributed by atoms with Gasteiger partial charge in [-0.15, -0.1) is 0 Å². The van der Waals surface area contributed by atoms with Crippen LogP contribution >= 0.6 is 0 Å². The van der Waals surface area contributed by atoms with E-state index < -0.39 is 10.0 Å². The first kappa shape index (κ1) is 9.92. The van der Waals surface area contributed by atoms with Crippen LogP contribution in [0.3, 0.4) is 0 Å². The summed E-state index contributed by atoms with van der Waals surface area (Å²) in [6, 6.07) is 5.34. The first-order valence-electron chi connectivity index (χ1n) is 4.42. The van der Waals surface area contributed by atoms with E-state index in [4.69, 9.17) is 0 Å². The molecule has 2 rings (SSSR count). The molecule has 0 aliphatic carbocycles. The maximum Gasteiger partial charge on any atom is 0.257 e. The Hall–Kier alpha value is -1.62. The Bertz CT molecular complexity index is 530. The molecular weight excluding hydrogens is 212 g/mol. The van der Waals surface area contributed by atoms with Crippen molar-refractivity contribution >= 4 is 15.7 Å². The molecule has 0 spiro atoms. The lowest BCUT2D eigenvalue weighted by molar-refractivity contribution is 0.597. The first-order valence-corrected chi connectivity index (χ1v) is 5.91. The highest BCUT2D eigenvalue weighted by atomic mass is 32.2. The van der Waals surface area contributed by atoms with Crippen LogP contribution in [-0.4, -0.2) is 13.4 Å². The molecule has 1 aliphatic heterocycles. The highest BCUT2D eigenvalue weighted by Crippen LogP contribution is 2.18. The van der Waals surface area contributed by atoms with Crippen molar-refractivity contribution in [2.24, 2.45) is 0 Å². The van der Waals surface area contributed by atoms with Gasteiger partial charge in [0, 0.05) is 6.20 Å². The molecule has 2 heterocycles. The Morgan fingerprint density at radius 2 is 2.07 bits per heavy atom. The average molecular weight is 222 g/mol. The van der Waals surface area contributed by atoms with Crippen molar-refractivity contribution in [2.45, 2.75) is 6.92 Å². The molecule has 1 aromatic heterocycles. The van der Waals surface area contributed by atoms with E-state index in [0.29, 0.717) is 16.3 Å². The SMILES string of the molecule is CC1=CC=C(c2ccccn2)NS1(=O)=O. The molecular formula is C10H10N2O2S. The van der Waals surface area contributed by atoms with Crippen LogP contribution in [0.2, 0.25) is 0 Å². The van der Waals surface area contributed by atoms with Crippen LogP contribution in [0, 0.1) is 0 Å². The summed E-state index contributed by atoms with van der Waals surface area (Å²) in [6.45, 7) is 1.55. The second-order valence-electron chi connectivity index (χ2n) is 3.18. The van der Waals surface area contributed by atoms with Gasteiger partial charge < -0.3 is 0 Å². The maximum absolute atomic E-state index is 11.5. The molecule has 0 amide bonds. The zero-order valence-electron chi connectivity index (χ0n) is 8.14. The van der Waals surface area contributed by atoms with Crippen LogP contribution in [-0.2, 0) is 10.0 Å². The normalized spacial score (nSPS) is 18.7. The summed E-state index contributed by atoms with van der Waals surface area (Å²) < 4.78 is 25.5. The Kier molecular flexibility index (Phi) is 2.32. The van der Waals surface area contributed by atoms with E-state index in [1.807, 2.05) is 6.07 Å². The van der Waals surface area contributed by atoms with Gasteiger partial charge in [0.15, 0.2) is 0 Å². The Balaban J connectivity index is 2.44. The first-order chi connectivity index (χ1) is 7.09. The molecule has 4 nitrogen and oxygen atoms in total. The van der Waals surface area contributed by atoms with Crippen molar-refractivity contribution in [3.8, 4) is 0 Å². The molecule has 78 valence electrons. The fraction of sp³-hybridized carbons (Fsp3) is 0.100. The number of nitrogens with zero attached hydrogens (tertiary/aromatic N) is 1. The molecule has 5 heteroatoms. The molecule has 0 unspecified atom stereocenters. The van der Waals surface area contributed by atoms with E-state index in [9.17, 15) is 8.42 Å². The molecule has 1 N–H and O–H groups in total. The van der Waals surface area contributed by atoms with Gasteiger partial charge in [0.25, 0.3) is 10.0 Å². The van der Waals surface area contributed by atoms with Crippen molar-refractivity contribution in [1.29, 1.82) is 0 Å². The van der Waals surface area contributed by atoms with Gasteiger partial charge in [0.2, 0.25) is 0 Å². The number of nitrogens with one attached hydrogen (secondary N) is 1. The molecule has 1 aromatic rings. The van der Waals surface area contributed by atoms with E-state index in [-0.39, 0.29) is 0 Å². The molecule has 1 aliphatic rings. The van der Waals surface area contributed by atoms with Crippen LogP contribution in [0.5, 0.6) is 0 Å². The average Bonchev–Trinajstić information content (AvgIpc) is 2.23. The second-order valence-corrected chi connectivity index (χ2v) is 5.03. The Labute approximate surface area is 88.4 Å². The lowest BCUT2D eigenvalue weighted by atomic mass is 10.2. The van der Waals surface area contributed by atoms with E-state index in [1.54, 1.807) is 37.4 Å². The fourth-order valence-electron chi connectivity index (χ4n) is 1.21. The van der Waals surface area contributed by atoms with Crippen LogP contribution in [0.1, 0.15) is 12.6 Å². The van der Waals surface area contributed by atoms with Crippen molar-refractivity contribution in [3.63, 3.8) is 0 Å². The third-order valence-electron chi connectivity index (χ3n) is 2.09. The van der Waals surface area contributed by atoms with Crippen LogP contribution in [0.25, 0.3) is 5.70 Å². The predicted molar refractivity (Wildman–Crippen MR) is 58.0 cm³/mol. The minimum absolute atomic E-state index is 0.308. The van der Waals surface area contributed by atoms with Gasteiger partial charge in [0.1, 0.15) is 0 Å². The van der Waals surface area contributed by atoms with Crippen LogP contribution in [0.4, 0.5) is 0 Å². The maximum atomic E-state index is 11.5. The number of rotatable bonds is 1. The molecule has 15 heavy (non-hydrogen) atoms. The van der Waals surface area contributed by atoms with E-state index >= 15 is 0 Å². The minimum atomic E-state index is -3.36. The largest absolute Gasteiger partial charge is 0.278 e. The van der Waals surface area contributed by atoms with E-state index in [0.717, 1.165) is 0 Å². The van der Waals surface area contributed by atoms with Gasteiger partial charge >= 0.3 is 0 Å². The van der Waals surface area contributed by atoms with Gasteiger partial charge in [0.05, 0.1) is 16.3 Å². The summed E-state index contributed by atoms with van der Waals surface area (Å²) >= 11 is 0. The van der Waals surface area contributed by atoms with Gasteiger partial charge in [-0.3, -0.25) is 9.71 Å². The summed E-state index contributed by atoms with van der Waals surface area (Å²) in [4.78, 5) is 4.38. The molecule has 0 aromatic carbocycles. The number of aromatic nitrogens is 1. The van der Waals surface area contributed by atoms with Gasteiger partial charge in [-0.1, -0.05) is 6.07 Å². The van der Waals surface area contributed by atoms with Gasteiger partial charge in [-0.25, -0.2) is 8.42 Å².